The molecule has 3 aromatic carbocycles. The number of hydrogen-bond donors (Lipinski definition) is 2. The van der Waals surface area contributed by atoms with Gasteiger partial charge in [-0.25, -0.2) is 4.79 Å². The first-order chi connectivity index (χ1) is 16.0. The molecule has 0 radical (unpaired) electrons. The molecule has 0 saturated heterocycles. The van der Waals surface area contributed by atoms with Crippen LogP contribution in [0.2, 0.25) is 5.02 Å². The summed E-state index contributed by atoms with van der Waals surface area (Å²) >= 11 is 5.97. The van der Waals surface area contributed by atoms with Gasteiger partial charge in [-0.05, 0) is 51.9 Å². The highest BCUT2D eigenvalue weighted by Crippen LogP contribution is 2.44. The summed E-state index contributed by atoms with van der Waals surface area (Å²) in [5.74, 6) is -0.885. The number of carbonyl (C=O) groups is 2. The molecule has 0 bridgehead atoms. The van der Waals surface area contributed by atoms with Crippen LogP contribution >= 0.6 is 11.6 Å². The van der Waals surface area contributed by atoms with E-state index in [9.17, 15) is 9.59 Å². The Labute approximate surface area is 197 Å². The molecule has 1 aliphatic carbocycles. The van der Waals surface area contributed by atoms with E-state index in [1.807, 2.05) is 36.4 Å². The lowest BCUT2D eigenvalue weighted by Crippen LogP contribution is -2.26. The Morgan fingerprint density at radius 2 is 1.67 bits per heavy atom. The third kappa shape index (κ3) is 5.44. The molecular weight excluding hydrogens is 438 g/mol. The van der Waals surface area contributed by atoms with Crippen LogP contribution in [0.1, 0.15) is 34.6 Å². The number of carboxylic acid groups (broad SMARTS) is 1. The van der Waals surface area contributed by atoms with Crippen molar-refractivity contribution in [1.82, 2.24) is 5.32 Å². The maximum absolute atomic E-state index is 12.2. The van der Waals surface area contributed by atoms with Crippen LogP contribution in [-0.4, -0.2) is 30.3 Å². The van der Waals surface area contributed by atoms with Crippen molar-refractivity contribution in [1.29, 1.82) is 0 Å². The smallest absolute Gasteiger partial charge is 0.407 e. The molecule has 0 spiro atoms. The van der Waals surface area contributed by atoms with Crippen LogP contribution in [0.4, 0.5) is 4.79 Å². The summed E-state index contributed by atoms with van der Waals surface area (Å²) in [5.41, 5.74) is 6.18. The normalized spacial score (nSPS) is 12.4. The predicted octanol–water partition coefficient (Wildman–Crippen LogP) is 5.91. The van der Waals surface area contributed by atoms with Crippen molar-refractivity contribution in [3.05, 3.63) is 100 Å². The summed E-state index contributed by atoms with van der Waals surface area (Å²) in [6, 6.07) is 21.6. The zero-order chi connectivity index (χ0) is 23.2. The zero-order valence-corrected chi connectivity index (χ0v) is 18.7. The Bertz CT molecular complexity index is 1160. The fraction of sp³-hybridized carbons (Fsp3) is 0.185. The maximum Gasteiger partial charge on any atom is 0.407 e. The minimum atomic E-state index is -0.913. The summed E-state index contributed by atoms with van der Waals surface area (Å²) in [7, 11) is 0. The molecule has 0 unspecified atom stereocenters. The summed E-state index contributed by atoms with van der Waals surface area (Å²) in [6.45, 7) is 0.689. The molecule has 0 heterocycles. The Morgan fingerprint density at radius 3 is 2.33 bits per heavy atom. The van der Waals surface area contributed by atoms with Crippen molar-refractivity contribution in [3.8, 4) is 11.1 Å². The fourth-order valence-electron chi connectivity index (χ4n) is 4.17. The van der Waals surface area contributed by atoms with Crippen LogP contribution in [0.3, 0.4) is 0 Å². The van der Waals surface area contributed by atoms with E-state index in [2.05, 4.69) is 29.6 Å². The van der Waals surface area contributed by atoms with E-state index >= 15 is 0 Å². The number of hydrogen-bond acceptors (Lipinski definition) is 3. The fourth-order valence-corrected chi connectivity index (χ4v) is 4.36. The molecule has 1 aliphatic rings. The summed E-state index contributed by atoms with van der Waals surface area (Å²) in [4.78, 5) is 23.3. The second-order valence-corrected chi connectivity index (χ2v) is 8.29. The predicted molar refractivity (Wildman–Crippen MR) is 130 cm³/mol. The standard InChI is InChI=1S/C27H24ClNO4/c28-20-13-12-18(19(15-20)16-26(30)31)7-5-6-14-29-27(32)33-17-25-23-10-3-1-8-21(23)22-9-2-4-11-24(22)25/h1-5,7-13,15,25H,6,14,16-17H2,(H,29,32)(H,30,31). The maximum atomic E-state index is 12.2. The molecular formula is C27H24ClNO4. The number of halogens is 1. The highest BCUT2D eigenvalue weighted by molar-refractivity contribution is 6.30. The lowest BCUT2D eigenvalue weighted by molar-refractivity contribution is -0.136. The van der Waals surface area contributed by atoms with E-state index in [1.165, 1.54) is 22.3 Å². The van der Waals surface area contributed by atoms with Crippen molar-refractivity contribution >= 4 is 29.7 Å². The Morgan fingerprint density at radius 1 is 1.00 bits per heavy atom. The molecule has 0 aliphatic heterocycles. The number of carboxylic acids is 1. The molecule has 168 valence electrons. The van der Waals surface area contributed by atoms with Gasteiger partial charge in [0.05, 0.1) is 6.42 Å². The minimum Gasteiger partial charge on any atom is -0.481 e. The summed E-state index contributed by atoms with van der Waals surface area (Å²) in [5, 5.41) is 12.3. The Hall–Kier alpha value is -3.57. The van der Waals surface area contributed by atoms with E-state index < -0.39 is 12.1 Å². The van der Waals surface area contributed by atoms with Crippen LogP contribution in [-0.2, 0) is 16.0 Å². The van der Waals surface area contributed by atoms with Gasteiger partial charge in [0.2, 0.25) is 0 Å². The summed E-state index contributed by atoms with van der Waals surface area (Å²) < 4.78 is 5.53. The van der Waals surface area contributed by atoms with Crippen molar-refractivity contribution in [2.75, 3.05) is 13.2 Å². The second kappa shape index (κ2) is 10.4. The molecule has 2 N–H and O–H groups in total. The quantitative estimate of drug-likeness (QED) is 0.409. The average Bonchev–Trinajstić information content (AvgIpc) is 3.12. The van der Waals surface area contributed by atoms with Gasteiger partial charge in [0.15, 0.2) is 0 Å². The number of rotatable bonds is 8. The number of nitrogens with one attached hydrogen (secondary N) is 1. The average molecular weight is 462 g/mol. The SMILES string of the molecule is O=C(O)Cc1cc(Cl)ccc1C=CCCNC(=O)OCC1c2ccccc2-c2ccccc21. The molecule has 0 saturated carbocycles. The van der Waals surface area contributed by atoms with Gasteiger partial charge in [-0.1, -0.05) is 78.4 Å². The van der Waals surface area contributed by atoms with Crippen LogP contribution in [0.15, 0.2) is 72.8 Å². The van der Waals surface area contributed by atoms with E-state index in [4.69, 9.17) is 21.4 Å². The van der Waals surface area contributed by atoms with Gasteiger partial charge in [-0.2, -0.15) is 0 Å². The van der Waals surface area contributed by atoms with Gasteiger partial charge in [0.1, 0.15) is 6.61 Å². The molecule has 0 fully saturated rings. The Balaban J connectivity index is 1.28. The molecule has 5 nitrogen and oxygen atoms in total. The molecule has 0 aromatic heterocycles. The first kappa shape index (κ1) is 22.6. The highest BCUT2D eigenvalue weighted by Gasteiger charge is 2.28. The van der Waals surface area contributed by atoms with E-state index in [1.54, 1.807) is 18.2 Å². The van der Waals surface area contributed by atoms with Crippen LogP contribution < -0.4 is 5.32 Å². The molecule has 6 heteroatoms. The van der Waals surface area contributed by atoms with Gasteiger partial charge >= 0.3 is 12.1 Å². The first-order valence-electron chi connectivity index (χ1n) is 10.8. The number of ether oxygens (including phenoxy) is 1. The van der Waals surface area contributed by atoms with Crippen LogP contribution in [0.5, 0.6) is 0 Å². The molecule has 33 heavy (non-hydrogen) atoms. The lowest BCUT2D eigenvalue weighted by Gasteiger charge is -2.14. The van der Waals surface area contributed by atoms with E-state index in [-0.39, 0.29) is 18.9 Å². The number of amides is 1. The van der Waals surface area contributed by atoms with Crippen molar-refractivity contribution in [3.63, 3.8) is 0 Å². The number of benzene rings is 3. The zero-order valence-electron chi connectivity index (χ0n) is 18.0. The molecule has 1 amide bonds. The van der Waals surface area contributed by atoms with Gasteiger partial charge in [-0.15, -0.1) is 0 Å². The van der Waals surface area contributed by atoms with Crippen LogP contribution in [0.25, 0.3) is 17.2 Å². The number of alkyl carbamates (subject to hydrolysis) is 1. The van der Waals surface area contributed by atoms with E-state index in [0.29, 0.717) is 23.6 Å². The van der Waals surface area contributed by atoms with Gasteiger partial charge in [0.25, 0.3) is 0 Å². The summed E-state index contributed by atoms with van der Waals surface area (Å²) in [6.07, 6.45) is 3.76. The first-order valence-corrected chi connectivity index (χ1v) is 11.2. The third-order valence-electron chi connectivity index (χ3n) is 5.67. The van der Waals surface area contributed by atoms with Crippen molar-refractivity contribution in [2.24, 2.45) is 0 Å². The minimum absolute atomic E-state index is 0.0283. The van der Waals surface area contributed by atoms with Crippen molar-refractivity contribution < 1.29 is 19.4 Å². The number of carbonyl (C=O) groups excluding carboxylic acids is 1. The van der Waals surface area contributed by atoms with Gasteiger partial charge in [0, 0.05) is 17.5 Å². The van der Waals surface area contributed by atoms with Gasteiger partial charge in [-0.3, -0.25) is 4.79 Å². The Kier molecular flexibility index (Phi) is 7.10. The monoisotopic (exact) mass is 461 g/mol. The molecule has 0 atom stereocenters. The third-order valence-corrected chi connectivity index (χ3v) is 5.90. The van der Waals surface area contributed by atoms with Crippen LogP contribution in [0, 0.1) is 0 Å². The largest absolute Gasteiger partial charge is 0.481 e. The molecule has 3 aromatic rings. The lowest BCUT2D eigenvalue weighted by atomic mass is 9.98. The van der Waals surface area contributed by atoms with E-state index in [0.717, 1.165) is 5.56 Å². The highest BCUT2D eigenvalue weighted by atomic mass is 35.5. The topological polar surface area (TPSA) is 75.6 Å². The van der Waals surface area contributed by atoms with Gasteiger partial charge < -0.3 is 15.2 Å². The molecule has 4 rings (SSSR count). The number of aliphatic carboxylic acids is 1. The second-order valence-electron chi connectivity index (χ2n) is 7.86. The van der Waals surface area contributed by atoms with Crippen molar-refractivity contribution in [2.45, 2.75) is 18.8 Å². The number of fused-ring (bicyclic) bond motifs is 3.